The lowest BCUT2D eigenvalue weighted by Gasteiger charge is -1.88. The van der Waals surface area contributed by atoms with E-state index in [1.165, 1.54) is 0 Å². The Morgan fingerprint density at radius 1 is 1.78 bits per heavy atom. The first-order chi connectivity index (χ1) is 4.24. The van der Waals surface area contributed by atoms with Crippen molar-refractivity contribution in [1.29, 1.82) is 0 Å². The number of aromatic nitrogens is 2. The molecule has 50 valence electrons. The van der Waals surface area contributed by atoms with Gasteiger partial charge in [-0.1, -0.05) is 8.58 Å². The maximum Gasteiger partial charge on any atom is 0.124 e. The standard InChI is InChI=1S/C5H10N3P/c1-4-7-5(9-2)3-8(4)6/h3,9H,6H2,1-2H3. The number of nitrogens with zero attached hydrogens (tertiary/aromatic N) is 2. The van der Waals surface area contributed by atoms with E-state index in [9.17, 15) is 0 Å². The van der Waals surface area contributed by atoms with Crippen molar-refractivity contribution < 1.29 is 0 Å². The molecule has 9 heavy (non-hydrogen) atoms. The highest BCUT2D eigenvalue weighted by molar-refractivity contribution is 7.45. The normalized spacial score (nSPS) is 11.3. The summed E-state index contributed by atoms with van der Waals surface area (Å²) in [6, 6.07) is 0. The van der Waals surface area contributed by atoms with Crippen LogP contribution in [0.25, 0.3) is 0 Å². The number of rotatable bonds is 1. The van der Waals surface area contributed by atoms with Crippen LogP contribution in [0.4, 0.5) is 0 Å². The van der Waals surface area contributed by atoms with Crippen molar-refractivity contribution >= 4 is 14.0 Å². The van der Waals surface area contributed by atoms with E-state index in [1.807, 2.05) is 13.1 Å². The first-order valence-electron chi connectivity index (χ1n) is 2.73. The molecule has 1 atom stereocenters. The van der Waals surface area contributed by atoms with Gasteiger partial charge in [-0.2, -0.15) is 0 Å². The second kappa shape index (κ2) is 2.36. The highest BCUT2D eigenvalue weighted by Gasteiger charge is 1.96. The third-order valence-electron chi connectivity index (χ3n) is 1.17. The summed E-state index contributed by atoms with van der Waals surface area (Å²) in [4.78, 5) is 4.18. The molecule has 0 radical (unpaired) electrons. The molecule has 0 bridgehead atoms. The smallest absolute Gasteiger partial charge is 0.124 e. The Bertz CT molecular complexity index is 186. The quantitative estimate of drug-likeness (QED) is 0.438. The van der Waals surface area contributed by atoms with Gasteiger partial charge in [0.1, 0.15) is 5.82 Å². The lowest BCUT2D eigenvalue weighted by atomic mass is 10.7. The zero-order valence-electron chi connectivity index (χ0n) is 5.55. The Morgan fingerprint density at radius 2 is 2.44 bits per heavy atom. The molecule has 0 fully saturated rings. The molecular weight excluding hydrogens is 133 g/mol. The van der Waals surface area contributed by atoms with Crippen molar-refractivity contribution in [2.45, 2.75) is 6.92 Å². The van der Waals surface area contributed by atoms with Crippen LogP contribution in [0.15, 0.2) is 6.20 Å². The fourth-order valence-corrected chi connectivity index (χ4v) is 1.15. The number of nitrogen functional groups attached to an aromatic ring is 1. The first kappa shape index (κ1) is 6.56. The summed E-state index contributed by atoms with van der Waals surface area (Å²) in [5.74, 6) is 6.35. The zero-order chi connectivity index (χ0) is 6.85. The van der Waals surface area contributed by atoms with Crippen LogP contribution in [-0.4, -0.2) is 16.3 Å². The molecule has 1 unspecified atom stereocenters. The summed E-state index contributed by atoms with van der Waals surface area (Å²) < 4.78 is 1.55. The summed E-state index contributed by atoms with van der Waals surface area (Å²) >= 11 is 0. The monoisotopic (exact) mass is 143 g/mol. The van der Waals surface area contributed by atoms with E-state index in [4.69, 9.17) is 5.84 Å². The van der Waals surface area contributed by atoms with Crippen molar-refractivity contribution in [3.05, 3.63) is 12.0 Å². The highest BCUT2D eigenvalue weighted by Crippen LogP contribution is 2.00. The molecule has 4 heteroatoms. The summed E-state index contributed by atoms with van der Waals surface area (Å²) in [5, 5.41) is 0. The summed E-state index contributed by atoms with van der Waals surface area (Å²) in [6.07, 6.45) is 1.85. The maximum absolute atomic E-state index is 5.47. The molecule has 0 spiro atoms. The molecule has 1 aromatic heterocycles. The molecule has 0 aliphatic rings. The average molecular weight is 143 g/mol. The fourth-order valence-electron chi connectivity index (χ4n) is 0.607. The predicted octanol–water partition coefficient (Wildman–Crippen LogP) is -0.161. The van der Waals surface area contributed by atoms with E-state index >= 15 is 0 Å². The van der Waals surface area contributed by atoms with Crippen LogP contribution in [0.5, 0.6) is 0 Å². The Hall–Kier alpha value is -0.560. The van der Waals surface area contributed by atoms with Crippen LogP contribution in [0.3, 0.4) is 0 Å². The zero-order valence-corrected chi connectivity index (χ0v) is 6.55. The molecule has 1 rings (SSSR count). The molecule has 1 aromatic rings. The molecule has 3 nitrogen and oxygen atoms in total. The topological polar surface area (TPSA) is 43.8 Å². The van der Waals surface area contributed by atoms with Crippen molar-refractivity contribution in [2.75, 3.05) is 12.5 Å². The van der Waals surface area contributed by atoms with Crippen LogP contribution in [0.1, 0.15) is 5.82 Å². The van der Waals surface area contributed by atoms with E-state index in [0.717, 1.165) is 19.8 Å². The van der Waals surface area contributed by atoms with Crippen LogP contribution in [0.2, 0.25) is 0 Å². The van der Waals surface area contributed by atoms with Crippen molar-refractivity contribution in [2.24, 2.45) is 0 Å². The lowest BCUT2D eigenvalue weighted by Crippen LogP contribution is -2.08. The number of hydrogen-bond acceptors (Lipinski definition) is 2. The molecule has 0 aliphatic carbocycles. The van der Waals surface area contributed by atoms with Gasteiger partial charge < -0.3 is 5.84 Å². The van der Waals surface area contributed by atoms with Gasteiger partial charge in [0.05, 0.1) is 11.6 Å². The second-order valence-electron chi connectivity index (χ2n) is 1.83. The fraction of sp³-hybridized carbons (Fsp3) is 0.400. The van der Waals surface area contributed by atoms with Crippen LogP contribution in [-0.2, 0) is 0 Å². The minimum atomic E-state index is 0.735. The van der Waals surface area contributed by atoms with E-state index in [-0.39, 0.29) is 0 Å². The predicted molar refractivity (Wildman–Crippen MR) is 41.0 cm³/mol. The third-order valence-corrected chi connectivity index (χ3v) is 1.93. The number of imidazole rings is 1. The summed E-state index contributed by atoms with van der Waals surface area (Å²) in [6.45, 7) is 3.98. The van der Waals surface area contributed by atoms with Gasteiger partial charge >= 0.3 is 0 Å². The molecule has 0 aromatic carbocycles. The van der Waals surface area contributed by atoms with E-state index in [0.29, 0.717) is 0 Å². The molecular formula is C5H10N3P. The van der Waals surface area contributed by atoms with Gasteiger partial charge in [-0.15, -0.1) is 0 Å². The minimum Gasteiger partial charge on any atom is -0.338 e. The van der Waals surface area contributed by atoms with Gasteiger partial charge in [-0.3, -0.25) is 4.68 Å². The maximum atomic E-state index is 5.47. The SMILES string of the molecule is CPc1cn(N)c(C)n1. The Kier molecular flexibility index (Phi) is 1.72. The Labute approximate surface area is 56.0 Å². The molecule has 2 N–H and O–H groups in total. The number of aryl methyl sites for hydroxylation is 1. The molecule has 0 amide bonds. The first-order valence-corrected chi connectivity index (χ1v) is 4.23. The van der Waals surface area contributed by atoms with E-state index in [2.05, 4.69) is 11.6 Å². The van der Waals surface area contributed by atoms with Gasteiger partial charge in [-0.05, 0) is 13.6 Å². The molecule has 1 heterocycles. The van der Waals surface area contributed by atoms with Crippen LogP contribution < -0.4 is 11.3 Å². The van der Waals surface area contributed by atoms with E-state index < -0.39 is 0 Å². The second-order valence-corrected chi connectivity index (χ2v) is 2.84. The van der Waals surface area contributed by atoms with Gasteiger partial charge in [0.25, 0.3) is 0 Å². The lowest BCUT2D eigenvalue weighted by molar-refractivity contribution is 0.928. The third kappa shape index (κ3) is 1.22. The van der Waals surface area contributed by atoms with Gasteiger partial charge in [-0.25, -0.2) is 4.98 Å². The van der Waals surface area contributed by atoms with Gasteiger partial charge in [0.2, 0.25) is 0 Å². The number of nitrogens with two attached hydrogens (primary N) is 1. The minimum absolute atomic E-state index is 0.735. The van der Waals surface area contributed by atoms with Gasteiger partial charge in [0, 0.05) is 0 Å². The summed E-state index contributed by atoms with van der Waals surface area (Å²) in [5.41, 5.74) is 1.08. The van der Waals surface area contributed by atoms with E-state index in [1.54, 1.807) is 4.68 Å². The Balaban J connectivity index is 2.98. The average Bonchev–Trinajstić information content (AvgIpc) is 2.13. The highest BCUT2D eigenvalue weighted by atomic mass is 31.1. The molecule has 0 aliphatic heterocycles. The van der Waals surface area contributed by atoms with Gasteiger partial charge in [0.15, 0.2) is 0 Å². The van der Waals surface area contributed by atoms with Crippen molar-refractivity contribution in [3.8, 4) is 0 Å². The number of hydrogen-bond donors (Lipinski definition) is 1. The largest absolute Gasteiger partial charge is 0.338 e. The molecule has 0 saturated heterocycles. The van der Waals surface area contributed by atoms with Crippen molar-refractivity contribution in [3.63, 3.8) is 0 Å². The van der Waals surface area contributed by atoms with Crippen LogP contribution in [0, 0.1) is 6.92 Å². The Morgan fingerprint density at radius 3 is 2.67 bits per heavy atom. The van der Waals surface area contributed by atoms with Crippen molar-refractivity contribution in [1.82, 2.24) is 9.66 Å². The van der Waals surface area contributed by atoms with Crippen LogP contribution >= 0.6 is 8.58 Å². The molecule has 0 saturated carbocycles. The summed E-state index contributed by atoms with van der Waals surface area (Å²) in [7, 11) is 0.735.